The molecule has 0 aliphatic carbocycles. The third-order valence-electron chi connectivity index (χ3n) is 2.10. The van der Waals surface area contributed by atoms with Crippen molar-refractivity contribution >= 4 is 23.4 Å². The van der Waals surface area contributed by atoms with E-state index < -0.39 is 4.92 Å². The van der Waals surface area contributed by atoms with Crippen LogP contribution < -0.4 is 0 Å². The summed E-state index contributed by atoms with van der Waals surface area (Å²) in [5.74, 6) is 0.494. The first-order valence-electron chi connectivity index (χ1n) is 4.67. The molecule has 0 aliphatic heterocycles. The Labute approximate surface area is 93.5 Å². The minimum Gasteiger partial charge on any atom is -0.258 e. The van der Waals surface area contributed by atoms with E-state index in [1.54, 1.807) is 12.1 Å². The predicted octanol–water partition coefficient (Wildman–Crippen LogP) is 3.63. The van der Waals surface area contributed by atoms with Gasteiger partial charge in [0.1, 0.15) is 0 Å². The summed E-state index contributed by atoms with van der Waals surface area (Å²) >= 11 is 5.72. The van der Waals surface area contributed by atoms with Crippen molar-refractivity contribution < 1.29 is 4.92 Å². The molecule has 3 nitrogen and oxygen atoms in total. The minimum absolute atomic E-state index is 0.107. The second kappa shape index (κ2) is 5.51. The molecule has 0 aromatic heterocycles. The van der Waals surface area contributed by atoms with Crippen LogP contribution in [-0.4, -0.2) is 10.8 Å². The van der Waals surface area contributed by atoms with Gasteiger partial charge in [0, 0.05) is 18.0 Å². The molecule has 1 rings (SSSR count). The lowest BCUT2D eigenvalue weighted by atomic mass is 10.1. The van der Waals surface area contributed by atoms with Gasteiger partial charge in [-0.2, -0.15) is 0 Å². The van der Waals surface area contributed by atoms with Crippen LogP contribution in [0.3, 0.4) is 0 Å². The monoisotopic (exact) mass is 225 g/mol. The number of alkyl halides is 1. The Kier molecular flexibility index (Phi) is 4.31. The first-order chi connectivity index (χ1) is 7.17. The molecule has 0 atom stereocenters. The number of nitro groups is 1. The maximum atomic E-state index is 10.4. The average molecular weight is 226 g/mol. The van der Waals surface area contributed by atoms with E-state index in [0.717, 1.165) is 17.6 Å². The molecule has 4 heteroatoms. The molecular weight excluding hydrogens is 214 g/mol. The molecule has 0 saturated heterocycles. The molecule has 0 amide bonds. The normalized spacial score (nSPS) is 11.5. The summed E-state index contributed by atoms with van der Waals surface area (Å²) in [5.41, 5.74) is 2.17. The number of halogens is 1. The van der Waals surface area contributed by atoms with Crippen molar-refractivity contribution in [3.05, 3.63) is 45.5 Å². The van der Waals surface area contributed by atoms with Crippen LogP contribution >= 0.6 is 11.6 Å². The van der Waals surface area contributed by atoms with Gasteiger partial charge in [0.05, 0.1) is 4.92 Å². The van der Waals surface area contributed by atoms with E-state index in [2.05, 4.69) is 0 Å². The zero-order valence-electron chi connectivity index (χ0n) is 8.44. The summed E-state index contributed by atoms with van der Waals surface area (Å²) in [5, 5.41) is 10.4. The highest BCUT2D eigenvalue weighted by Crippen LogP contribution is 2.15. The summed E-state index contributed by atoms with van der Waals surface area (Å²) in [7, 11) is 0. The molecule has 80 valence electrons. The van der Waals surface area contributed by atoms with Gasteiger partial charge in [-0.25, -0.2) is 0 Å². The van der Waals surface area contributed by atoms with E-state index in [1.165, 1.54) is 12.1 Å². The highest BCUT2D eigenvalue weighted by Gasteiger charge is 2.02. The number of nitrogens with zero attached hydrogens (tertiary/aromatic N) is 1. The van der Waals surface area contributed by atoms with Gasteiger partial charge in [-0.1, -0.05) is 18.6 Å². The largest absolute Gasteiger partial charge is 0.269 e. The Hall–Kier alpha value is -1.35. The van der Waals surface area contributed by atoms with E-state index in [-0.39, 0.29) is 5.69 Å². The molecule has 0 bridgehead atoms. The highest BCUT2D eigenvalue weighted by atomic mass is 35.5. The van der Waals surface area contributed by atoms with Crippen molar-refractivity contribution in [1.29, 1.82) is 0 Å². The maximum absolute atomic E-state index is 10.4. The van der Waals surface area contributed by atoms with Gasteiger partial charge in [0.2, 0.25) is 0 Å². The summed E-state index contributed by atoms with van der Waals surface area (Å²) < 4.78 is 0. The molecule has 0 saturated carbocycles. The Morgan fingerprint density at radius 1 is 1.47 bits per heavy atom. The third kappa shape index (κ3) is 3.36. The fraction of sp³-hybridized carbons (Fsp3) is 0.273. The van der Waals surface area contributed by atoms with Crippen LogP contribution in [0.15, 0.2) is 29.8 Å². The van der Waals surface area contributed by atoms with Crippen molar-refractivity contribution in [3.63, 3.8) is 0 Å². The van der Waals surface area contributed by atoms with Gasteiger partial charge in [0.15, 0.2) is 0 Å². The number of benzene rings is 1. The number of rotatable bonds is 4. The second-order valence-corrected chi connectivity index (χ2v) is 3.41. The molecule has 1 aromatic carbocycles. The molecule has 15 heavy (non-hydrogen) atoms. The molecular formula is C11H12ClNO2. The van der Waals surface area contributed by atoms with Crippen LogP contribution in [0.25, 0.3) is 6.08 Å². The lowest BCUT2D eigenvalue weighted by Crippen LogP contribution is -1.87. The Bertz CT molecular complexity index is 365. The van der Waals surface area contributed by atoms with Crippen LogP contribution in [-0.2, 0) is 0 Å². The molecule has 0 radical (unpaired) electrons. The van der Waals surface area contributed by atoms with Crippen molar-refractivity contribution in [2.24, 2.45) is 0 Å². The summed E-state index contributed by atoms with van der Waals surface area (Å²) in [6.07, 6.45) is 2.84. The van der Waals surface area contributed by atoms with Crippen LogP contribution in [0, 0.1) is 10.1 Å². The zero-order valence-corrected chi connectivity index (χ0v) is 9.20. The highest BCUT2D eigenvalue weighted by molar-refractivity contribution is 6.19. The van der Waals surface area contributed by atoms with Crippen molar-refractivity contribution in [1.82, 2.24) is 0 Å². The van der Waals surface area contributed by atoms with E-state index in [1.807, 2.05) is 13.0 Å². The molecule has 0 fully saturated rings. The van der Waals surface area contributed by atoms with Gasteiger partial charge in [-0.05, 0) is 24.1 Å². The van der Waals surface area contributed by atoms with Gasteiger partial charge >= 0.3 is 0 Å². The van der Waals surface area contributed by atoms with Crippen LogP contribution in [0.4, 0.5) is 5.69 Å². The van der Waals surface area contributed by atoms with Crippen LogP contribution in [0.5, 0.6) is 0 Å². The van der Waals surface area contributed by atoms with E-state index in [4.69, 9.17) is 11.6 Å². The number of nitro benzene ring substituents is 1. The van der Waals surface area contributed by atoms with E-state index in [0.29, 0.717) is 5.88 Å². The van der Waals surface area contributed by atoms with Crippen molar-refractivity contribution in [2.45, 2.75) is 13.3 Å². The topological polar surface area (TPSA) is 43.1 Å². The fourth-order valence-corrected chi connectivity index (χ4v) is 1.43. The smallest absolute Gasteiger partial charge is 0.258 e. The van der Waals surface area contributed by atoms with Gasteiger partial charge in [0.25, 0.3) is 5.69 Å². The van der Waals surface area contributed by atoms with E-state index in [9.17, 15) is 10.1 Å². The second-order valence-electron chi connectivity index (χ2n) is 3.14. The molecule has 0 spiro atoms. The number of hydrogen-bond donors (Lipinski definition) is 0. The minimum atomic E-state index is -0.407. The number of hydrogen-bond acceptors (Lipinski definition) is 2. The Morgan fingerprint density at radius 2 is 2.07 bits per heavy atom. The zero-order chi connectivity index (χ0) is 11.3. The van der Waals surface area contributed by atoms with E-state index >= 15 is 0 Å². The molecule has 0 unspecified atom stereocenters. The Balaban J connectivity index is 2.89. The average Bonchev–Trinajstić information content (AvgIpc) is 2.26. The molecule has 0 N–H and O–H groups in total. The summed E-state index contributed by atoms with van der Waals surface area (Å²) in [6.45, 7) is 2.03. The SMILES string of the molecule is CCC(=Cc1ccc([N+](=O)[O-])cc1)CCl. The fourth-order valence-electron chi connectivity index (χ4n) is 1.16. The predicted molar refractivity (Wildman–Crippen MR) is 62.1 cm³/mol. The quantitative estimate of drug-likeness (QED) is 0.446. The lowest BCUT2D eigenvalue weighted by Gasteiger charge is -1.99. The van der Waals surface area contributed by atoms with Crippen molar-refractivity contribution in [2.75, 3.05) is 5.88 Å². The number of allylic oxidation sites excluding steroid dienone is 1. The van der Waals surface area contributed by atoms with Gasteiger partial charge < -0.3 is 0 Å². The third-order valence-corrected chi connectivity index (χ3v) is 2.44. The summed E-state index contributed by atoms with van der Waals surface area (Å²) in [4.78, 5) is 10.0. The molecule has 0 aliphatic rings. The lowest BCUT2D eigenvalue weighted by molar-refractivity contribution is -0.384. The maximum Gasteiger partial charge on any atom is 0.269 e. The van der Waals surface area contributed by atoms with Crippen molar-refractivity contribution in [3.8, 4) is 0 Å². The first-order valence-corrected chi connectivity index (χ1v) is 5.20. The molecule has 0 heterocycles. The van der Waals surface area contributed by atoms with Gasteiger partial charge in [-0.3, -0.25) is 10.1 Å². The summed E-state index contributed by atoms with van der Waals surface area (Å²) in [6, 6.07) is 6.43. The van der Waals surface area contributed by atoms with Crippen LogP contribution in [0.2, 0.25) is 0 Å². The number of non-ortho nitro benzene ring substituents is 1. The molecule has 1 aromatic rings. The van der Waals surface area contributed by atoms with Crippen LogP contribution in [0.1, 0.15) is 18.9 Å². The first kappa shape index (κ1) is 11.7. The standard InChI is InChI=1S/C11H12ClNO2/c1-2-9(8-12)7-10-3-5-11(6-4-10)13(14)15/h3-7H,2,8H2,1H3. The van der Waals surface area contributed by atoms with Gasteiger partial charge in [-0.15, -0.1) is 11.6 Å². The Morgan fingerprint density at radius 3 is 2.47 bits per heavy atom.